The summed E-state index contributed by atoms with van der Waals surface area (Å²) in [6, 6.07) is 33.5. The van der Waals surface area contributed by atoms with Gasteiger partial charge in [0, 0.05) is 22.2 Å². The van der Waals surface area contributed by atoms with Crippen LogP contribution < -0.4 is 14.2 Å². The molecule has 7 aromatic carbocycles. The minimum Gasteiger partial charge on any atom is -0.497 e. The molecule has 354 valence electrons. The lowest BCUT2D eigenvalue weighted by Gasteiger charge is -2.02. The van der Waals surface area contributed by atoms with Gasteiger partial charge in [-0.15, -0.1) is 0 Å². The molecule has 0 fully saturated rings. The number of rotatable bonds is 3. The predicted octanol–water partition coefficient (Wildman–Crippen LogP) is 16.9. The lowest BCUT2D eigenvalue weighted by atomic mass is 10.2. The van der Waals surface area contributed by atoms with Crippen LogP contribution in [0.15, 0.2) is 127 Å². The first kappa shape index (κ1) is 58.0. The molecule has 0 aromatic heterocycles. The predicted molar refractivity (Wildman–Crippen MR) is 257 cm³/mol. The second-order valence-electron chi connectivity index (χ2n) is 14.7. The van der Waals surface area contributed by atoms with E-state index in [-0.39, 0.29) is 40.7 Å². The minimum absolute atomic E-state index is 0.116. The van der Waals surface area contributed by atoms with Crippen molar-refractivity contribution in [3.05, 3.63) is 228 Å². The molecule has 0 saturated heterocycles. The van der Waals surface area contributed by atoms with Crippen LogP contribution in [0.4, 0.5) is 30.7 Å². The third-order valence-corrected chi connectivity index (χ3v) is 9.62. The zero-order valence-electron chi connectivity index (χ0n) is 39.3. The van der Waals surface area contributed by atoms with E-state index in [2.05, 4.69) is 0 Å². The fourth-order valence-corrected chi connectivity index (χ4v) is 5.12. The maximum Gasteiger partial charge on any atom is 0.165 e. The van der Waals surface area contributed by atoms with Crippen molar-refractivity contribution in [2.45, 2.75) is 62.3 Å². The van der Waals surface area contributed by atoms with Gasteiger partial charge < -0.3 is 14.2 Å². The molecular weight excluding hydrogens is 900 g/mol. The molecule has 0 aliphatic rings. The Bertz CT molecular complexity index is 2370. The van der Waals surface area contributed by atoms with Crippen molar-refractivity contribution in [2.24, 2.45) is 0 Å². The average molecular weight is 958 g/mol. The van der Waals surface area contributed by atoms with E-state index in [0.29, 0.717) is 49.5 Å². The van der Waals surface area contributed by atoms with E-state index in [0.717, 1.165) is 27.8 Å². The van der Waals surface area contributed by atoms with Crippen LogP contribution >= 0.6 is 23.2 Å². The van der Waals surface area contributed by atoms with Crippen LogP contribution in [0, 0.1) is 103 Å². The summed E-state index contributed by atoms with van der Waals surface area (Å²) in [7, 11) is 4.50. The molecule has 0 aliphatic heterocycles. The Hall–Kier alpha value is -5.97. The largest absolute Gasteiger partial charge is 0.497 e. The molecule has 0 saturated carbocycles. The van der Waals surface area contributed by atoms with Crippen LogP contribution in [0.1, 0.15) is 50.1 Å². The second kappa shape index (κ2) is 30.3. The Morgan fingerprint density at radius 1 is 0.318 bits per heavy atom. The molecule has 0 spiro atoms. The van der Waals surface area contributed by atoms with Crippen molar-refractivity contribution in [3.63, 3.8) is 0 Å². The Morgan fingerprint density at radius 3 is 1.05 bits per heavy atom. The summed E-state index contributed by atoms with van der Waals surface area (Å²) in [5, 5.41) is 0.924. The van der Waals surface area contributed by atoms with Crippen LogP contribution in [0.2, 0.25) is 10.0 Å². The van der Waals surface area contributed by atoms with Crippen molar-refractivity contribution in [1.82, 2.24) is 0 Å². The molecule has 3 nitrogen and oxygen atoms in total. The zero-order valence-corrected chi connectivity index (χ0v) is 40.8. The van der Waals surface area contributed by atoms with E-state index in [1.54, 1.807) is 82.3 Å². The van der Waals surface area contributed by atoms with Crippen LogP contribution in [0.25, 0.3) is 0 Å². The van der Waals surface area contributed by atoms with Crippen molar-refractivity contribution >= 4 is 23.2 Å². The summed E-state index contributed by atoms with van der Waals surface area (Å²) in [4.78, 5) is 0. The van der Waals surface area contributed by atoms with Crippen molar-refractivity contribution in [3.8, 4) is 17.2 Å². The van der Waals surface area contributed by atoms with Gasteiger partial charge in [0.2, 0.25) is 0 Å². The Labute approximate surface area is 395 Å². The summed E-state index contributed by atoms with van der Waals surface area (Å²) in [6.45, 7) is 16.2. The Morgan fingerprint density at radius 2 is 0.697 bits per heavy atom. The van der Waals surface area contributed by atoms with E-state index < -0.39 is 0 Å². The highest BCUT2D eigenvalue weighted by atomic mass is 35.5. The Balaban J connectivity index is 0.000000385. The Kier molecular flexibility index (Phi) is 26.6. The molecule has 0 heterocycles. The van der Waals surface area contributed by atoms with Gasteiger partial charge in [-0.1, -0.05) is 77.8 Å². The van der Waals surface area contributed by atoms with Crippen LogP contribution in [-0.4, -0.2) is 21.3 Å². The fraction of sp³-hybridized carbons (Fsp3) is 0.222. The highest BCUT2D eigenvalue weighted by Gasteiger charge is 2.01. The lowest BCUT2D eigenvalue weighted by Crippen LogP contribution is -1.87. The maximum absolute atomic E-state index is 12.7. The number of hydrogen-bond donors (Lipinski definition) is 0. The molecule has 0 atom stereocenters. The first-order valence-electron chi connectivity index (χ1n) is 20.2. The smallest absolute Gasteiger partial charge is 0.165 e. The van der Waals surface area contributed by atoms with Gasteiger partial charge in [-0.2, -0.15) is 0 Å². The maximum atomic E-state index is 12.7. The van der Waals surface area contributed by atoms with Crippen LogP contribution in [0.5, 0.6) is 17.2 Å². The van der Waals surface area contributed by atoms with Gasteiger partial charge in [0.05, 0.1) is 21.3 Å². The highest BCUT2D eigenvalue weighted by Crippen LogP contribution is 2.19. The standard InChI is InChI=1S/3C8H9FO.2C8H9F.2C7H6ClF/c1-6-3-4-7(10-2)5-8(6)9;1-6-3-4-7(9)5-8(6)10-2;1-6-3-4-8(10-2)7(9)5-6;2*1-6-3-4-7(2)8(9)5-6;1-5-2-3-6(9)4-7(5)8;1-5-2-3-6(8)4-7(5)9/h3*3-5H,1-2H3;2*3-5H,1-2H3;2*2-4H,1H3. The molecular formula is C54H57Cl2F7O3. The third-order valence-electron chi connectivity index (χ3n) is 8.98. The molecule has 66 heavy (non-hydrogen) atoms. The van der Waals surface area contributed by atoms with E-state index in [4.69, 9.17) is 37.4 Å². The number of aryl methyl sites for hydroxylation is 9. The second-order valence-corrected chi connectivity index (χ2v) is 15.5. The van der Waals surface area contributed by atoms with E-state index in [1.807, 2.05) is 52.8 Å². The lowest BCUT2D eigenvalue weighted by molar-refractivity contribution is 0.386. The number of benzene rings is 7. The van der Waals surface area contributed by atoms with E-state index in [1.165, 1.54) is 75.9 Å². The third kappa shape index (κ3) is 22.8. The average Bonchev–Trinajstić information content (AvgIpc) is 3.27. The van der Waals surface area contributed by atoms with Crippen LogP contribution in [-0.2, 0) is 0 Å². The first-order valence-corrected chi connectivity index (χ1v) is 21.0. The first-order chi connectivity index (χ1) is 31.0. The van der Waals surface area contributed by atoms with Gasteiger partial charge in [0.25, 0.3) is 0 Å². The van der Waals surface area contributed by atoms with E-state index in [9.17, 15) is 30.7 Å². The van der Waals surface area contributed by atoms with Crippen molar-refractivity contribution < 1.29 is 44.9 Å². The number of halogens is 9. The number of hydrogen-bond acceptors (Lipinski definition) is 3. The number of methoxy groups -OCH3 is 3. The monoisotopic (exact) mass is 956 g/mol. The van der Waals surface area contributed by atoms with Gasteiger partial charge in [-0.3, -0.25) is 0 Å². The van der Waals surface area contributed by atoms with Gasteiger partial charge in [-0.05, 0) is 173 Å². The van der Waals surface area contributed by atoms with Gasteiger partial charge in [0.1, 0.15) is 46.4 Å². The molecule has 7 aromatic rings. The molecule has 0 bridgehead atoms. The molecule has 0 radical (unpaired) electrons. The summed E-state index contributed by atoms with van der Waals surface area (Å²) < 4.78 is 102. The number of ether oxygens (including phenoxy) is 3. The SMILES string of the molecule is COc1cc(F)ccc1C.COc1ccc(C)c(F)c1.COc1ccc(C)cc1F.Cc1ccc(C)c(F)c1.Cc1ccc(C)c(F)c1.Cc1ccc(Cl)cc1F.Cc1ccc(F)cc1Cl. The molecule has 0 aliphatic carbocycles. The van der Waals surface area contributed by atoms with Crippen molar-refractivity contribution in [2.75, 3.05) is 21.3 Å². The normalized spacial score (nSPS) is 9.59. The topological polar surface area (TPSA) is 27.7 Å². The molecule has 0 N–H and O–H groups in total. The van der Waals surface area contributed by atoms with Gasteiger partial charge >= 0.3 is 0 Å². The summed E-state index contributed by atoms with van der Waals surface area (Å²) >= 11 is 11.1. The molecule has 7 rings (SSSR count). The van der Waals surface area contributed by atoms with Gasteiger partial charge in [-0.25, -0.2) is 30.7 Å². The van der Waals surface area contributed by atoms with Crippen LogP contribution in [0.3, 0.4) is 0 Å². The summed E-state index contributed by atoms with van der Waals surface area (Å²) in [5.74, 6) is -0.101. The molecule has 0 amide bonds. The fourth-order valence-electron chi connectivity index (χ4n) is 4.80. The zero-order chi connectivity index (χ0) is 50.1. The van der Waals surface area contributed by atoms with E-state index >= 15 is 0 Å². The summed E-state index contributed by atoms with van der Waals surface area (Å²) in [6.07, 6.45) is 0. The summed E-state index contributed by atoms with van der Waals surface area (Å²) in [5.41, 5.74) is 7.37. The van der Waals surface area contributed by atoms with Crippen molar-refractivity contribution in [1.29, 1.82) is 0 Å². The molecule has 0 unspecified atom stereocenters. The quantitative estimate of drug-likeness (QED) is 0.165. The van der Waals surface area contributed by atoms with Gasteiger partial charge in [0.15, 0.2) is 11.6 Å². The highest BCUT2D eigenvalue weighted by molar-refractivity contribution is 6.31. The minimum atomic E-state index is -0.303. The molecule has 12 heteroatoms.